The fourth-order valence-electron chi connectivity index (χ4n) is 6.46. The highest BCUT2D eigenvalue weighted by Crippen LogP contribution is 2.38. The molecule has 0 spiro atoms. The van der Waals surface area contributed by atoms with Gasteiger partial charge in [0.2, 0.25) is 11.8 Å². The van der Waals surface area contributed by atoms with Gasteiger partial charge in [0.1, 0.15) is 6.04 Å². The molecule has 1 unspecified atom stereocenters. The molecule has 1 atom stereocenters. The van der Waals surface area contributed by atoms with Gasteiger partial charge in [0.05, 0.1) is 22.9 Å². The number of nitrogens with zero attached hydrogens (tertiary/aromatic N) is 3. The number of hydrogen-bond acceptors (Lipinski definition) is 7. The van der Waals surface area contributed by atoms with Gasteiger partial charge in [-0.1, -0.05) is 25.3 Å². The van der Waals surface area contributed by atoms with Gasteiger partial charge in [-0.3, -0.25) is 29.4 Å². The van der Waals surface area contributed by atoms with E-state index >= 15 is 0 Å². The number of fused-ring (bicyclic) bond motifs is 1. The van der Waals surface area contributed by atoms with Crippen LogP contribution in [0.2, 0.25) is 0 Å². The molecular formula is C29H40N4O5. The van der Waals surface area contributed by atoms with E-state index in [0.717, 1.165) is 43.2 Å². The first-order valence-corrected chi connectivity index (χ1v) is 14.2. The number of imide groups is 2. The minimum absolute atomic E-state index is 0.108. The average Bonchev–Trinajstić information content (AvgIpc) is 3.13. The van der Waals surface area contributed by atoms with Crippen LogP contribution in [-0.2, 0) is 14.3 Å². The summed E-state index contributed by atoms with van der Waals surface area (Å²) in [6.07, 6.45) is 10.1. The summed E-state index contributed by atoms with van der Waals surface area (Å²) in [6.45, 7) is 3.01. The molecular weight excluding hydrogens is 484 g/mol. The number of anilines is 1. The molecule has 1 N–H and O–H groups in total. The highest BCUT2D eigenvalue weighted by atomic mass is 16.5. The third-order valence-electron chi connectivity index (χ3n) is 8.78. The number of nitrogens with one attached hydrogen (secondary N) is 1. The van der Waals surface area contributed by atoms with Crippen molar-refractivity contribution in [3.63, 3.8) is 0 Å². The monoisotopic (exact) mass is 524 g/mol. The highest BCUT2D eigenvalue weighted by Gasteiger charge is 2.46. The molecule has 2 aliphatic heterocycles. The fourth-order valence-corrected chi connectivity index (χ4v) is 6.46. The number of piperidine rings is 1. The third-order valence-corrected chi connectivity index (χ3v) is 8.78. The van der Waals surface area contributed by atoms with Crippen LogP contribution in [0.25, 0.3) is 0 Å². The number of amides is 4. The molecule has 9 nitrogen and oxygen atoms in total. The second kappa shape index (κ2) is 11.5. The quantitative estimate of drug-likeness (QED) is 0.371. The van der Waals surface area contributed by atoms with Gasteiger partial charge in [0.25, 0.3) is 11.8 Å². The third kappa shape index (κ3) is 5.50. The minimum atomic E-state index is -0.957. The lowest BCUT2D eigenvalue weighted by Crippen LogP contribution is -2.54. The number of carbonyl (C=O) groups excluding carboxylic acids is 4. The number of hydrogen-bond donors (Lipinski definition) is 1. The topological polar surface area (TPSA) is 99.3 Å². The lowest BCUT2D eigenvalue weighted by atomic mass is 9.87. The van der Waals surface area contributed by atoms with E-state index in [4.69, 9.17) is 4.74 Å². The molecule has 2 heterocycles. The highest BCUT2D eigenvalue weighted by molar-refractivity contribution is 6.25. The van der Waals surface area contributed by atoms with Crippen molar-refractivity contribution in [1.82, 2.24) is 15.1 Å². The molecule has 9 heteroatoms. The molecule has 2 saturated carbocycles. The molecule has 4 aliphatic rings. The molecule has 5 rings (SSSR count). The Labute approximate surface area is 224 Å². The minimum Gasteiger partial charge on any atom is -0.378 e. The summed E-state index contributed by atoms with van der Waals surface area (Å²) in [5.74, 6) is -1.05. The summed E-state index contributed by atoms with van der Waals surface area (Å²) in [5, 5.41) is 2.25. The first kappa shape index (κ1) is 26.8. The Hall–Kier alpha value is -2.78. The average molecular weight is 525 g/mol. The fraction of sp³-hybridized carbons (Fsp3) is 0.655. The van der Waals surface area contributed by atoms with Crippen LogP contribution in [-0.4, -0.2) is 85.4 Å². The van der Waals surface area contributed by atoms with Gasteiger partial charge < -0.3 is 14.5 Å². The van der Waals surface area contributed by atoms with E-state index in [1.54, 1.807) is 12.1 Å². The summed E-state index contributed by atoms with van der Waals surface area (Å²) in [6, 6.07) is 4.53. The Morgan fingerprint density at radius 2 is 1.76 bits per heavy atom. The Balaban J connectivity index is 1.11. The molecule has 0 radical (unpaired) electrons. The van der Waals surface area contributed by atoms with Gasteiger partial charge in [0, 0.05) is 39.2 Å². The van der Waals surface area contributed by atoms with Crippen LogP contribution in [0.4, 0.5) is 5.69 Å². The molecule has 3 fully saturated rings. The number of ether oxygens (including phenoxy) is 1. The van der Waals surface area contributed by atoms with Crippen LogP contribution in [0.3, 0.4) is 0 Å². The molecule has 0 bridgehead atoms. The molecule has 0 aromatic heterocycles. The Kier molecular flexibility index (Phi) is 8.14. The van der Waals surface area contributed by atoms with E-state index in [2.05, 4.69) is 22.2 Å². The summed E-state index contributed by atoms with van der Waals surface area (Å²) in [5.41, 5.74) is 1.35. The van der Waals surface area contributed by atoms with Gasteiger partial charge in [-0.2, -0.15) is 0 Å². The zero-order valence-electron chi connectivity index (χ0n) is 22.6. The van der Waals surface area contributed by atoms with E-state index in [-0.39, 0.29) is 30.9 Å². The normalized spacial score (nSPS) is 26.0. The predicted molar refractivity (Wildman–Crippen MR) is 143 cm³/mol. The van der Waals surface area contributed by atoms with Crippen LogP contribution in [0, 0.1) is 5.92 Å². The standard InChI is InChI=1S/C29H40N4O5/c1-31(18-19-8-4-3-5-9-19)14-7-15-38-21-16-20(17-21)32(2)23-11-6-10-22-26(23)29(37)33(28(22)36)24-12-13-25(34)30-27(24)35/h6,10-11,19-21,24H,3-5,7-9,12-18H2,1-2H3,(H,30,34,35). The van der Waals surface area contributed by atoms with Crippen LogP contribution < -0.4 is 10.2 Å². The molecule has 206 valence electrons. The Bertz CT molecular complexity index is 1080. The largest absolute Gasteiger partial charge is 0.378 e. The second-order valence-corrected chi connectivity index (χ2v) is 11.5. The number of carbonyl (C=O) groups is 4. The van der Waals surface area contributed by atoms with Crippen LogP contribution in [0.1, 0.15) is 84.9 Å². The van der Waals surface area contributed by atoms with Gasteiger partial charge in [-0.15, -0.1) is 0 Å². The molecule has 1 aromatic rings. The second-order valence-electron chi connectivity index (χ2n) is 11.5. The van der Waals surface area contributed by atoms with Crippen molar-refractivity contribution in [3.05, 3.63) is 29.3 Å². The van der Waals surface area contributed by atoms with Crippen LogP contribution in [0.5, 0.6) is 0 Å². The van der Waals surface area contributed by atoms with E-state index in [0.29, 0.717) is 16.8 Å². The van der Waals surface area contributed by atoms with Crippen molar-refractivity contribution >= 4 is 29.3 Å². The first-order chi connectivity index (χ1) is 18.3. The van der Waals surface area contributed by atoms with Crippen molar-refractivity contribution in [3.8, 4) is 0 Å². The zero-order valence-corrected chi connectivity index (χ0v) is 22.6. The van der Waals surface area contributed by atoms with E-state index in [9.17, 15) is 19.2 Å². The van der Waals surface area contributed by atoms with Crippen LogP contribution >= 0.6 is 0 Å². The Morgan fingerprint density at radius 1 is 1.00 bits per heavy atom. The maximum absolute atomic E-state index is 13.4. The van der Waals surface area contributed by atoms with Crippen molar-refractivity contribution in [2.75, 3.05) is 38.7 Å². The van der Waals surface area contributed by atoms with Gasteiger partial charge in [-0.05, 0) is 63.6 Å². The van der Waals surface area contributed by atoms with Crippen molar-refractivity contribution < 1.29 is 23.9 Å². The van der Waals surface area contributed by atoms with Gasteiger partial charge >= 0.3 is 0 Å². The molecule has 4 amide bonds. The van der Waals surface area contributed by atoms with Crippen molar-refractivity contribution in [1.29, 1.82) is 0 Å². The van der Waals surface area contributed by atoms with Gasteiger partial charge in [-0.25, -0.2) is 0 Å². The molecule has 38 heavy (non-hydrogen) atoms. The van der Waals surface area contributed by atoms with Crippen molar-refractivity contribution in [2.45, 2.75) is 82.4 Å². The van der Waals surface area contributed by atoms with E-state index in [1.807, 2.05) is 13.1 Å². The predicted octanol–water partition coefficient (Wildman–Crippen LogP) is 2.97. The maximum Gasteiger partial charge on any atom is 0.264 e. The lowest BCUT2D eigenvalue weighted by Gasteiger charge is -2.42. The summed E-state index contributed by atoms with van der Waals surface area (Å²) in [7, 11) is 4.16. The summed E-state index contributed by atoms with van der Waals surface area (Å²) >= 11 is 0. The summed E-state index contributed by atoms with van der Waals surface area (Å²) < 4.78 is 6.13. The molecule has 1 aromatic carbocycles. The lowest BCUT2D eigenvalue weighted by molar-refractivity contribution is -0.136. The van der Waals surface area contributed by atoms with Crippen LogP contribution in [0.15, 0.2) is 18.2 Å². The Morgan fingerprint density at radius 3 is 2.50 bits per heavy atom. The number of benzene rings is 1. The first-order valence-electron chi connectivity index (χ1n) is 14.2. The molecule has 2 aliphatic carbocycles. The smallest absolute Gasteiger partial charge is 0.264 e. The SMILES string of the molecule is CN(CCCOC1CC(N(C)c2cccc3c2C(=O)N(C2CCC(=O)NC2=O)C3=O)C1)CC1CCCCC1. The van der Waals surface area contributed by atoms with Gasteiger partial charge in [0.15, 0.2) is 0 Å². The van der Waals surface area contributed by atoms with E-state index < -0.39 is 23.8 Å². The number of rotatable bonds is 10. The van der Waals surface area contributed by atoms with E-state index in [1.165, 1.54) is 38.6 Å². The molecule has 1 saturated heterocycles. The zero-order chi connectivity index (χ0) is 26.8. The van der Waals surface area contributed by atoms with Crippen molar-refractivity contribution in [2.24, 2.45) is 5.92 Å². The summed E-state index contributed by atoms with van der Waals surface area (Å²) in [4.78, 5) is 56.0. The maximum atomic E-state index is 13.4.